The van der Waals surface area contributed by atoms with Gasteiger partial charge in [0.2, 0.25) is 0 Å². The van der Waals surface area contributed by atoms with Gasteiger partial charge in [-0.3, -0.25) is 0 Å². The van der Waals surface area contributed by atoms with E-state index in [1.807, 2.05) is 11.8 Å². The molecule has 1 aliphatic heterocycles. The third-order valence-corrected chi connectivity index (χ3v) is 4.34. The number of anilines is 2. The van der Waals surface area contributed by atoms with Crippen LogP contribution in [-0.4, -0.2) is 41.1 Å². The van der Waals surface area contributed by atoms with E-state index in [9.17, 15) is 0 Å². The number of thioether (sulfide) groups is 1. The van der Waals surface area contributed by atoms with Gasteiger partial charge in [-0.25, -0.2) is 9.97 Å². The van der Waals surface area contributed by atoms with Crippen molar-refractivity contribution >= 4 is 23.4 Å². The molecule has 0 atom stereocenters. The first kappa shape index (κ1) is 14.4. The normalized spacial score (nSPS) is 16.2. The lowest BCUT2D eigenvalue weighted by molar-refractivity contribution is 0.781. The Bertz CT molecular complexity index is 389. The van der Waals surface area contributed by atoms with Crippen LogP contribution in [0.3, 0.4) is 0 Å². The van der Waals surface area contributed by atoms with Crippen LogP contribution in [0.1, 0.15) is 32.3 Å². The second-order valence-corrected chi connectivity index (χ2v) is 5.98. The lowest BCUT2D eigenvalue weighted by Crippen LogP contribution is -2.28. The summed E-state index contributed by atoms with van der Waals surface area (Å²) >= 11 is 2.05. The zero-order chi connectivity index (χ0) is 13.5. The average molecular weight is 280 g/mol. The van der Waals surface area contributed by atoms with Crippen molar-refractivity contribution in [3.8, 4) is 0 Å². The SMILES string of the molecule is CCCc1c(NCC)ncnc1N1CCCSCC1. The van der Waals surface area contributed by atoms with E-state index in [1.54, 1.807) is 6.33 Å². The Balaban J connectivity index is 2.28. The molecule has 1 aromatic rings. The monoisotopic (exact) mass is 280 g/mol. The molecule has 0 radical (unpaired) electrons. The molecular formula is C14H24N4S. The molecule has 4 nitrogen and oxygen atoms in total. The summed E-state index contributed by atoms with van der Waals surface area (Å²) in [6, 6.07) is 0. The zero-order valence-corrected chi connectivity index (χ0v) is 12.8. The van der Waals surface area contributed by atoms with Crippen LogP contribution in [0, 0.1) is 0 Å². The second-order valence-electron chi connectivity index (χ2n) is 4.76. The van der Waals surface area contributed by atoms with E-state index in [-0.39, 0.29) is 0 Å². The van der Waals surface area contributed by atoms with Gasteiger partial charge < -0.3 is 10.2 Å². The molecule has 0 amide bonds. The molecule has 0 saturated carbocycles. The van der Waals surface area contributed by atoms with Gasteiger partial charge in [-0.15, -0.1) is 0 Å². The fourth-order valence-corrected chi connectivity index (χ4v) is 3.32. The minimum absolute atomic E-state index is 0.906. The highest BCUT2D eigenvalue weighted by Gasteiger charge is 2.17. The van der Waals surface area contributed by atoms with E-state index >= 15 is 0 Å². The number of hydrogen-bond acceptors (Lipinski definition) is 5. The minimum atomic E-state index is 0.906. The Morgan fingerprint density at radius 1 is 1.26 bits per heavy atom. The van der Waals surface area contributed by atoms with Crippen molar-refractivity contribution in [3.05, 3.63) is 11.9 Å². The van der Waals surface area contributed by atoms with E-state index in [0.29, 0.717) is 0 Å². The molecule has 1 saturated heterocycles. The number of nitrogens with zero attached hydrogens (tertiary/aromatic N) is 3. The maximum Gasteiger partial charge on any atom is 0.137 e. The molecule has 0 bridgehead atoms. The average Bonchev–Trinajstić information content (AvgIpc) is 2.70. The molecule has 2 rings (SSSR count). The van der Waals surface area contributed by atoms with E-state index in [1.165, 1.54) is 23.5 Å². The first-order valence-electron chi connectivity index (χ1n) is 7.27. The first-order chi connectivity index (χ1) is 9.36. The number of hydrogen-bond donors (Lipinski definition) is 1. The molecule has 5 heteroatoms. The van der Waals surface area contributed by atoms with Gasteiger partial charge in [0.15, 0.2) is 0 Å². The lowest BCUT2D eigenvalue weighted by Gasteiger charge is -2.24. The predicted octanol–water partition coefficient (Wildman–Crippen LogP) is 2.80. The van der Waals surface area contributed by atoms with Crippen molar-refractivity contribution in [1.29, 1.82) is 0 Å². The van der Waals surface area contributed by atoms with Gasteiger partial charge in [-0.1, -0.05) is 13.3 Å². The van der Waals surface area contributed by atoms with Crippen LogP contribution in [0.15, 0.2) is 6.33 Å². The topological polar surface area (TPSA) is 41.1 Å². The van der Waals surface area contributed by atoms with Crippen LogP contribution in [-0.2, 0) is 6.42 Å². The highest BCUT2D eigenvalue weighted by atomic mass is 32.2. The molecule has 1 aromatic heterocycles. The van der Waals surface area contributed by atoms with Crippen LogP contribution in [0.4, 0.5) is 11.6 Å². The van der Waals surface area contributed by atoms with Crippen molar-refractivity contribution in [3.63, 3.8) is 0 Å². The van der Waals surface area contributed by atoms with Gasteiger partial charge in [0.05, 0.1) is 0 Å². The van der Waals surface area contributed by atoms with Crippen molar-refractivity contribution in [1.82, 2.24) is 9.97 Å². The van der Waals surface area contributed by atoms with Crippen LogP contribution in [0.2, 0.25) is 0 Å². The van der Waals surface area contributed by atoms with Gasteiger partial charge in [0.25, 0.3) is 0 Å². The van der Waals surface area contributed by atoms with Gasteiger partial charge in [0.1, 0.15) is 18.0 Å². The van der Waals surface area contributed by atoms with E-state index in [0.717, 1.165) is 44.1 Å². The van der Waals surface area contributed by atoms with Crippen molar-refractivity contribution in [2.24, 2.45) is 0 Å². The van der Waals surface area contributed by atoms with Crippen LogP contribution < -0.4 is 10.2 Å². The minimum Gasteiger partial charge on any atom is -0.370 e. The Hall–Kier alpha value is -0.970. The Morgan fingerprint density at radius 3 is 2.95 bits per heavy atom. The number of rotatable bonds is 5. The summed E-state index contributed by atoms with van der Waals surface area (Å²) in [5.74, 6) is 4.64. The summed E-state index contributed by atoms with van der Waals surface area (Å²) in [6.45, 7) is 7.45. The summed E-state index contributed by atoms with van der Waals surface area (Å²) in [6.07, 6.45) is 5.12. The summed E-state index contributed by atoms with van der Waals surface area (Å²) < 4.78 is 0. The summed E-state index contributed by atoms with van der Waals surface area (Å²) in [7, 11) is 0. The molecule has 1 N–H and O–H groups in total. The van der Waals surface area contributed by atoms with Crippen molar-refractivity contribution in [2.75, 3.05) is 41.4 Å². The molecule has 0 unspecified atom stereocenters. The smallest absolute Gasteiger partial charge is 0.137 e. The zero-order valence-electron chi connectivity index (χ0n) is 12.0. The molecule has 1 fully saturated rings. The number of aromatic nitrogens is 2. The van der Waals surface area contributed by atoms with E-state index < -0.39 is 0 Å². The fraction of sp³-hybridized carbons (Fsp3) is 0.714. The third-order valence-electron chi connectivity index (χ3n) is 3.29. The van der Waals surface area contributed by atoms with Crippen LogP contribution in [0.25, 0.3) is 0 Å². The molecule has 19 heavy (non-hydrogen) atoms. The number of nitrogens with one attached hydrogen (secondary N) is 1. The maximum absolute atomic E-state index is 4.57. The quantitative estimate of drug-likeness (QED) is 0.898. The van der Waals surface area contributed by atoms with Crippen LogP contribution in [0.5, 0.6) is 0 Å². The molecule has 1 aliphatic rings. The van der Waals surface area contributed by atoms with Gasteiger partial charge in [-0.2, -0.15) is 11.8 Å². The Kier molecular flexibility index (Phi) is 5.76. The molecule has 0 spiro atoms. The second kappa shape index (κ2) is 7.58. The lowest BCUT2D eigenvalue weighted by atomic mass is 10.1. The summed E-state index contributed by atoms with van der Waals surface area (Å²) in [5.41, 5.74) is 1.29. The van der Waals surface area contributed by atoms with Crippen molar-refractivity contribution < 1.29 is 0 Å². The summed E-state index contributed by atoms with van der Waals surface area (Å²) in [4.78, 5) is 11.4. The van der Waals surface area contributed by atoms with Gasteiger partial charge >= 0.3 is 0 Å². The molecule has 2 heterocycles. The maximum atomic E-state index is 4.57. The predicted molar refractivity (Wildman–Crippen MR) is 84.3 cm³/mol. The first-order valence-corrected chi connectivity index (χ1v) is 8.42. The third kappa shape index (κ3) is 3.75. The van der Waals surface area contributed by atoms with E-state index in [2.05, 4.69) is 34.0 Å². The van der Waals surface area contributed by atoms with Crippen molar-refractivity contribution in [2.45, 2.75) is 33.1 Å². The largest absolute Gasteiger partial charge is 0.370 e. The molecule has 0 aliphatic carbocycles. The van der Waals surface area contributed by atoms with Gasteiger partial charge in [-0.05, 0) is 25.5 Å². The fourth-order valence-electron chi connectivity index (χ4n) is 2.43. The Labute approximate surface area is 120 Å². The van der Waals surface area contributed by atoms with Crippen LogP contribution >= 0.6 is 11.8 Å². The highest BCUT2D eigenvalue weighted by molar-refractivity contribution is 7.99. The molecule has 0 aromatic carbocycles. The highest BCUT2D eigenvalue weighted by Crippen LogP contribution is 2.26. The van der Waals surface area contributed by atoms with Gasteiger partial charge in [0, 0.05) is 31.0 Å². The van der Waals surface area contributed by atoms with E-state index in [4.69, 9.17) is 0 Å². The molecular weight excluding hydrogens is 256 g/mol. The molecule has 106 valence electrons. The Morgan fingerprint density at radius 2 is 2.16 bits per heavy atom. The summed E-state index contributed by atoms with van der Waals surface area (Å²) in [5, 5.41) is 3.37. The standard InChI is InChI=1S/C14H24N4S/c1-3-6-12-13(15-4-2)16-11-17-14(12)18-7-5-9-19-10-8-18/h11H,3-10H2,1-2H3,(H,15,16,17).